The molecule has 190 valence electrons. The van der Waals surface area contributed by atoms with Crippen molar-refractivity contribution in [1.29, 1.82) is 0 Å². The van der Waals surface area contributed by atoms with Crippen molar-refractivity contribution in [3.63, 3.8) is 0 Å². The van der Waals surface area contributed by atoms with Crippen LogP contribution in [0.3, 0.4) is 0 Å². The van der Waals surface area contributed by atoms with Crippen molar-refractivity contribution in [2.75, 3.05) is 6.61 Å². The van der Waals surface area contributed by atoms with Gasteiger partial charge in [0.05, 0.1) is 6.61 Å². The van der Waals surface area contributed by atoms with Crippen molar-refractivity contribution >= 4 is 8.32 Å². The van der Waals surface area contributed by atoms with Gasteiger partial charge in [0.1, 0.15) is 18.3 Å². The largest absolute Gasteiger partial charge is 0.414 e. The van der Waals surface area contributed by atoms with E-state index in [1.54, 1.807) is 0 Å². The molecule has 1 N–H and O–H groups in total. The van der Waals surface area contributed by atoms with Crippen molar-refractivity contribution in [2.24, 2.45) is 0 Å². The minimum atomic E-state index is -1.91. The highest BCUT2D eigenvalue weighted by molar-refractivity contribution is 6.74. The van der Waals surface area contributed by atoms with Crippen LogP contribution < -0.4 is 0 Å². The van der Waals surface area contributed by atoms with Gasteiger partial charge in [0.25, 0.3) is 0 Å². The first-order valence-electron chi connectivity index (χ1n) is 13.2. The average molecular weight is 471 g/mol. The van der Waals surface area contributed by atoms with Crippen LogP contribution in [0.25, 0.3) is 0 Å². The van der Waals surface area contributed by atoms with Crippen LogP contribution in [0.4, 0.5) is 0 Å². The van der Waals surface area contributed by atoms with Crippen LogP contribution in [0, 0.1) is 0 Å². The summed E-state index contributed by atoms with van der Waals surface area (Å²) >= 11 is 0. The number of ether oxygens (including phenoxy) is 2. The first kappa shape index (κ1) is 29.8. The van der Waals surface area contributed by atoms with E-state index in [-0.39, 0.29) is 11.1 Å². The molecule has 4 nitrogen and oxygen atoms in total. The van der Waals surface area contributed by atoms with Gasteiger partial charge in [-0.05, 0) is 44.8 Å². The number of rotatable bonds is 16. The molecule has 1 aliphatic rings. The van der Waals surface area contributed by atoms with Crippen molar-refractivity contribution in [1.82, 2.24) is 0 Å². The van der Waals surface area contributed by atoms with Gasteiger partial charge in [-0.2, -0.15) is 0 Å². The summed E-state index contributed by atoms with van der Waals surface area (Å²) in [5.74, 6) is -0.686. The monoisotopic (exact) mass is 470 g/mol. The standard InChI is InChI=1S/C27H54O4Si/c1-9-10-11-12-13-14-15-16-17-18-19-20-21-24-25(31-27(5,6)30-24)23(28)22-29-32(7,8)26(2,3)4/h20-21,23-25,28H,9-19,22H2,1-8H3/t23-,24+,25-/m0/s1. The van der Waals surface area contributed by atoms with E-state index in [2.05, 4.69) is 52.9 Å². The third-order valence-electron chi connectivity index (χ3n) is 7.01. The lowest BCUT2D eigenvalue weighted by Crippen LogP contribution is -2.46. The zero-order chi connectivity index (χ0) is 24.3. The molecule has 0 amide bonds. The number of hydrogen-bond donors (Lipinski definition) is 1. The van der Waals surface area contributed by atoms with E-state index >= 15 is 0 Å². The number of aliphatic hydroxyl groups excluding tert-OH is 1. The van der Waals surface area contributed by atoms with Gasteiger partial charge in [0.15, 0.2) is 14.1 Å². The quantitative estimate of drug-likeness (QED) is 0.142. The Bertz CT molecular complexity index is 524. The zero-order valence-corrected chi connectivity index (χ0v) is 23.5. The van der Waals surface area contributed by atoms with Crippen molar-refractivity contribution in [3.05, 3.63) is 12.2 Å². The van der Waals surface area contributed by atoms with Gasteiger partial charge in [-0.25, -0.2) is 0 Å². The van der Waals surface area contributed by atoms with E-state index < -0.39 is 26.3 Å². The molecule has 1 aliphatic heterocycles. The normalized spacial score (nSPS) is 22.7. The minimum Gasteiger partial charge on any atom is -0.414 e. The Labute approximate surface area is 200 Å². The molecule has 1 fully saturated rings. The summed E-state index contributed by atoms with van der Waals surface area (Å²) in [6, 6.07) is 0. The van der Waals surface area contributed by atoms with Gasteiger partial charge < -0.3 is 19.0 Å². The molecule has 0 aromatic rings. The fraction of sp³-hybridized carbons (Fsp3) is 0.926. The zero-order valence-electron chi connectivity index (χ0n) is 22.5. The molecule has 1 rings (SSSR count). The van der Waals surface area contributed by atoms with Crippen LogP contribution in [0.15, 0.2) is 12.2 Å². The Balaban J connectivity index is 2.34. The van der Waals surface area contributed by atoms with Gasteiger partial charge in [-0.3, -0.25) is 0 Å². The maximum atomic E-state index is 10.8. The molecular formula is C27H54O4Si. The predicted molar refractivity (Wildman–Crippen MR) is 139 cm³/mol. The molecular weight excluding hydrogens is 416 g/mol. The second-order valence-corrected chi connectivity index (χ2v) is 16.4. The van der Waals surface area contributed by atoms with Gasteiger partial charge in [-0.1, -0.05) is 97.6 Å². The van der Waals surface area contributed by atoms with Crippen LogP contribution >= 0.6 is 0 Å². The van der Waals surface area contributed by atoms with E-state index in [4.69, 9.17) is 13.9 Å². The molecule has 0 saturated carbocycles. The number of allylic oxidation sites excluding steroid dienone is 1. The Kier molecular flexibility index (Phi) is 13.3. The molecule has 0 radical (unpaired) electrons. The number of aliphatic hydroxyl groups is 1. The highest BCUT2D eigenvalue weighted by atomic mass is 28.4. The fourth-order valence-corrected chi connectivity index (χ4v) is 4.87. The summed E-state index contributed by atoms with van der Waals surface area (Å²) in [6.45, 7) is 17.4. The second kappa shape index (κ2) is 14.3. The summed E-state index contributed by atoms with van der Waals surface area (Å²) in [5, 5.41) is 10.9. The molecule has 0 aromatic carbocycles. The Morgan fingerprint density at radius 2 is 1.47 bits per heavy atom. The second-order valence-electron chi connectivity index (χ2n) is 11.6. The van der Waals surface area contributed by atoms with E-state index in [0.717, 1.165) is 6.42 Å². The van der Waals surface area contributed by atoms with E-state index in [0.29, 0.717) is 6.61 Å². The molecule has 1 heterocycles. The predicted octanol–water partition coefficient (Wildman–Crippen LogP) is 7.76. The van der Waals surface area contributed by atoms with E-state index in [9.17, 15) is 5.11 Å². The summed E-state index contributed by atoms with van der Waals surface area (Å²) in [6.07, 6.45) is 17.6. The van der Waals surface area contributed by atoms with Crippen LogP contribution in [0.5, 0.6) is 0 Å². The number of unbranched alkanes of at least 4 members (excludes halogenated alkanes) is 10. The maximum absolute atomic E-state index is 10.8. The lowest BCUT2D eigenvalue weighted by molar-refractivity contribution is -0.155. The molecule has 0 spiro atoms. The van der Waals surface area contributed by atoms with Crippen molar-refractivity contribution in [2.45, 2.75) is 154 Å². The molecule has 32 heavy (non-hydrogen) atoms. The lowest BCUT2D eigenvalue weighted by atomic mass is 10.0. The number of hydrogen-bond acceptors (Lipinski definition) is 4. The average Bonchev–Trinajstić information content (AvgIpc) is 3.00. The molecule has 5 heteroatoms. The van der Waals surface area contributed by atoms with Crippen molar-refractivity contribution < 1.29 is 19.0 Å². The highest BCUT2D eigenvalue weighted by Gasteiger charge is 2.45. The summed E-state index contributed by atoms with van der Waals surface area (Å²) in [7, 11) is -1.91. The Morgan fingerprint density at radius 3 is 2.00 bits per heavy atom. The van der Waals surface area contributed by atoms with Crippen LogP contribution in [-0.2, 0) is 13.9 Å². The summed E-state index contributed by atoms with van der Waals surface area (Å²) in [4.78, 5) is 0. The van der Waals surface area contributed by atoms with Gasteiger partial charge in [0, 0.05) is 0 Å². The lowest BCUT2D eigenvalue weighted by Gasteiger charge is -2.37. The Morgan fingerprint density at radius 1 is 0.938 bits per heavy atom. The first-order valence-corrected chi connectivity index (χ1v) is 16.1. The van der Waals surface area contributed by atoms with Crippen LogP contribution in [-0.4, -0.2) is 44.1 Å². The minimum absolute atomic E-state index is 0.118. The van der Waals surface area contributed by atoms with Gasteiger partial charge in [-0.15, -0.1) is 0 Å². The maximum Gasteiger partial charge on any atom is 0.192 e. The highest BCUT2D eigenvalue weighted by Crippen LogP contribution is 2.37. The van der Waals surface area contributed by atoms with Gasteiger partial charge >= 0.3 is 0 Å². The fourth-order valence-electron chi connectivity index (χ4n) is 3.85. The van der Waals surface area contributed by atoms with Gasteiger partial charge in [0.2, 0.25) is 0 Å². The third kappa shape index (κ3) is 11.3. The topological polar surface area (TPSA) is 47.9 Å². The first-order chi connectivity index (χ1) is 14.9. The third-order valence-corrected chi connectivity index (χ3v) is 11.5. The van der Waals surface area contributed by atoms with Crippen LogP contribution in [0.2, 0.25) is 18.1 Å². The molecule has 3 atom stereocenters. The van der Waals surface area contributed by atoms with Crippen LogP contribution in [0.1, 0.15) is 112 Å². The molecule has 0 aromatic heterocycles. The van der Waals surface area contributed by atoms with E-state index in [1.807, 2.05) is 13.8 Å². The summed E-state index contributed by atoms with van der Waals surface area (Å²) < 4.78 is 18.3. The Hall–Kier alpha value is -0.203. The molecule has 0 bridgehead atoms. The molecule has 0 unspecified atom stereocenters. The molecule has 1 saturated heterocycles. The van der Waals surface area contributed by atoms with E-state index in [1.165, 1.54) is 64.2 Å². The van der Waals surface area contributed by atoms with Crippen molar-refractivity contribution in [3.8, 4) is 0 Å². The molecule has 0 aliphatic carbocycles. The summed E-state index contributed by atoms with van der Waals surface area (Å²) in [5.41, 5.74) is 0. The SMILES string of the molecule is CCCCCCCCCCCCC=C[C@H]1OC(C)(C)O[C@H]1[C@@H](O)CO[Si](C)(C)C(C)(C)C. The smallest absolute Gasteiger partial charge is 0.192 e.